The summed E-state index contributed by atoms with van der Waals surface area (Å²) in [5.74, 6) is -0.201. The summed E-state index contributed by atoms with van der Waals surface area (Å²) < 4.78 is 31.0. The van der Waals surface area contributed by atoms with Crippen LogP contribution in [0.1, 0.15) is 54.1 Å². The summed E-state index contributed by atoms with van der Waals surface area (Å²) in [5, 5.41) is 2.76. The summed E-state index contributed by atoms with van der Waals surface area (Å²) in [6.07, 6.45) is 7.17. The van der Waals surface area contributed by atoms with E-state index in [2.05, 4.69) is 28.2 Å². The molecule has 1 N–H and O–H groups in total. The second-order valence-corrected chi connectivity index (χ2v) is 9.37. The van der Waals surface area contributed by atoms with Crippen molar-refractivity contribution in [3.8, 4) is 11.5 Å². The fourth-order valence-electron chi connectivity index (χ4n) is 3.56. The number of rotatable bonds is 13. The van der Waals surface area contributed by atoms with Gasteiger partial charge < -0.3 is 19.5 Å². The Morgan fingerprint density at radius 3 is 2.50 bits per heavy atom. The van der Waals surface area contributed by atoms with E-state index in [9.17, 15) is 14.0 Å². The maximum Gasteiger partial charge on any atom is 0.338 e. The second-order valence-electron chi connectivity index (χ2n) is 8.51. The third-order valence-corrected chi connectivity index (χ3v) is 6.22. The Bertz CT molecular complexity index is 1260. The predicted molar refractivity (Wildman–Crippen MR) is 150 cm³/mol. The summed E-state index contributed by atoms with van der Waals surface area (Å²) in [7, 11) is 1.50. The monoisotopic (exact) mass is 583 g/mol. The molecule has 0 aliphatic heterocycles. The van der Waals surface area contributed by atoms with Gasteiger partial charge in [-0.3, -0.25) is 4.79 Å². The number of methoxy groups -OCH3 is 1. The Labute approximate surface area is 230 Å². The van der Waals surface area contributed by atoms with Crippen molar-refractivity contribution in [3.63, 3.8) is 0 Å². The lowest BCUT2D eigenvalue weighted by atomic mass is 10.1. The number of esters is 1. The molecule has 0 atom stereocenters. The molecule has 6 nitrogen and oxygen atoms in total. The van der Waals surface area contributed by atoms with E-state index in [1.54, 1.807) is 60.7 Å². The highest BCUT2D eigenvalue weighted by Gasteiger charge is 2.13. The molecule has 0 spiro atoms. The quantitative estimate of drug-likeness (QED) is 0.128. The summed E-state index contributed by atoms with van der Waals surface area (Å²) in [5.41, 5.74) is 2.10. The minimum absolute atomic E-state index is 0.0364. The molecular formula is C30H31BrFNO5. The molecular weight excluding hydrogens is 553 g/mol. The van der Waals surface area contributed by atoms with E-state index in [0.717, 1.165) is 25.7 Å². The molecule has 0 saturated carbocycles. The second kappa shape index (κ2) is 14.9. The van der Waals surface area contributed by atoms with Crippen LogP contribution in [0, 0.1) is 5.82 Å². The Kier molecular flexibility index (Phi) is 11.4. The van der Waals surface area contributed by atoms with E-state index < -0.39 is 0 Å². The minimum atomic E-state index is -0.375. The average molecular weight is 584 g/mol. The number of anilines is 1. The smallest absolute Gasteiger partial charge is 0.338 e. The van der Waals surface area contributed by atoms with Crippen LogP contribution in [0.5, 0.6) is 11.5 Å². The predicted octanol–water partition coefficient (Wildman–Crippen LogP) is 7.56. The van der Waals surface area contributed by atoms with E-state index in [1.165, 1.54) is 19.3 Å². The Morgan fingerprint density at radius 2 is 1.79 bits per heavy atom. The molecule has 3 aromatic carbocycles. The lowest BCUT2D eigenvalue weighted by Crippen LogP contribution is -2.09. The van der Waals surface area contributed by atoms with Gasteiger partial charge in [0.05, 0.1) is 23.8 Å². The van der Waals surface area contributed by atoms with E-state index >= 15 is 0 Å². The van der Waals surface area contributed by atoms with Crippen molar-refractivity contribution in [1.82, 2.24) is 0 Å². The van der Waals surface area contributed by atoms with Gasteiger partial charge in [-0.25, -0.2) is 9.18 Å². The third-order valence-electron chi connectivity index (χ3n) is 5.63. The Balaban J connectivity index is 1.56. The first-order chi connectivity index (χ1) is 18.4. The lowest BCUT2D eigenvalue weighted by Gasteiger charge is -2.14. The number of carbonyl (C=O) groups is 2. The minimum Gasteiger partial charge on any atom is -0.493 e. The number of benzene rings is 3. The maximum atomic E-state index is 13.9. The first kappa shape index (κ1) is 28.9. The SMILES string of the molecule is CCCCCCOC(=O)c1ccc(NC(=O)/C=C/c2cc(Br)c(OCc3ccccc3F)c(OC)c2)cc1. The molecule has 0 bridgehead atoms. The largest absolute Gasteiger partial charge is 0.493 e. The summed E-state index contributed by atoms with van der Waals surface area (Å²) in [6, 6.07) is 16.4. The van der Waals surface area contributed by atoms with Crippen LogP contribution in [-0.4, -0.2) is 25.6 Å². The zero-order valence-corrected chi connectivity index (χ0v) is 23.1. The van der Waals surface area contributed by atoms with Crippen molar-refractivity contribution < 1.29 is 28.2 Å². The van der Waals surface area contributed by atoms with Crippen LogP contribution in [0.3, 0.4) is 0 Å². The number of amides is 1. The van der Waals surface area contributed by atoms with Gasteiger partial charge in [0.2, 0.25) is 5.91 Å². The fourth-order valence-corrected chi connectivity index (χ4v) is 4.14. The van der Waals surface area contributed by atoms with E-state index in [1.807, 2.05) is 0 Å². The van der Waals surface area contributed by atoms with Crippen LogP contribution in [0.15, 0.2) is 71.2 Å². The molecule has 3 rings (SSSR count). The van der Waals surface area contributed by atoms with Crippen LogP contribution in [0.25, 0.3) is 6.08 Å². The van der Waals surface area contributed by atoms with Crippen molar-refractivity contribution in [1.29, 1.82) is 0 Å². The van der Waals surface area contributed by atoms with Gasteiger partial charge in [0.15, 0.2) is 11.5 Å². The van der Waals surface area contributed by atoms with E-state index in [0.29, 0.717) is 45.0 Å². The highest BCUT2D eigenvalue weighted by atomic mass is 79.9. The molecule has 8 heteroatoms. The molecule has 0 unspecified atom stereocenters. The maximum absolute atomic E-state index is 13.9. The van der Waals surface area contributed by atoms with Crippen LogP contribution in [-0.2, 0) is 16.1 Å². The lowest BCUT2D eigenvalue weighted by molar-refractivity contribution is -0.111. The molecule has 3 aromatic rings. The van der Waals surface area contributed by atoms with Gasteiger partial charge in [-0.15, -0.1) is 0 Å². The van der Waals surface area contributed by atoms with Crippen LogP contribution in [0.4, 0.5) is 10.1 Å². The average Bonchev–Trinajstić information content (AvgIpc) is 2.92. The van der Waals surface area contributed by atoms with Crippen LogP contribution in [0.2, 0.25) is 0 Å². The fraction of sp³-hybridized carbons (Fsp3) is 0.267. The van der Waals surface area contributed by atoms with Crippen molar-refractivity contribution in [3.05, 3.63) is 93.7 Å². The molecule has 0 aliphatic carbocycles. The van der Waals surface area contributed by atoms with Crippen molar-refractivity contribution in [2.24, 2.45) is 0 Å². The molecule has 0 saturated heterocycles. The van der Waals surface area contributed by atoms with Gasteiger partial charge >= 0.3 is 5.97 Å². The number of hydrogen-bond donors (Lipinski definition) is 1. The standard InChI is InChI=1S/C30H31BrFNO5/c1-3-4-5-8-17-37-30(35)22-12-14-24(15-13-22)33-28(34)16-11-21-18-25(31)29(27(19-21)36-2)38-20-23-9-6-7-10-26(23)32/h6-7,9-16,18-19H,3-5,8,17,20H2,1-2H3,(H,33,34)/b16-11+. The number of nitrogens with one attached hydrogen (secondary N) is 1. The van der Waals surface area contributed by atoms with Crippen LogP contribution < -0.4 is 14.8 Å². The third kappa shape index (κ3) is 8.73. The normalized spacial score (nSPS) is 10.8. The van der Waals surface area contributed by atoms with E-state index in [4.69, 9.17) is 14.2 Å². The highest BCUT2D eigenvalue weighted by Crippen LogP contribution is 2.37. The van der Waals surface area contributed by atoms with Crippen molar-refractivity contribution >= 4 is 39.6 Å². The highest BCUT2D eigenvalue weighted by molar-refractivity contribution is 9.10. The van der Waals surface area contributed by atoms with Gasteiger partial charge in [-0.05, 0) is 76.5 Å². The number of halogens is 2. The Hall–Kier alpha value is -3.65. The number of unbranched alkanes of at least 4 members (excludes halogenated alkanes) is 3. The zero-order chi connectivity index (χ0) is 27.3. The zero-order valence-electron chi connectivity index (χ0n) is 21.5. The van der Waals surface area contributed by atoms with Gasteiger partial charge in [-0.1, -0.05) is 44.4 Å². The number of carbonyl (C=O) groups excluding carboxylic acids is 2. The first-order valence-corrected chi connectivity index (χ1v) is 13.2. The summed E-state index contributed by atoms with van der Waals surface area (Å²) in [6.45, 7) is 2.57. The molecule has 1 amide bonds. The molecule has 200 valence electrons. The van der Waals surface area contributed by atoms with Gasteiger partial charge in [0.1, 0.15) is 12.4 Å². The number of ether oxygens (including phenoxy) is 3. The first-order valence-electron chi connectivity index (χ1n) is 12.4. The topological polar surface area (TPSA) is 73.9 Å². The number of hydrogen-bond acceptors (Lipinski definition) is 5. The molecule has 0 radical (unpaired) electrons. The van der Waals surface area contributed by atoms with Gasteiger partial charge in [0, 0.05) is 17.3 Å². The molecule has 0 aromatic heterocycles. The molecule has 38 heavy (non-hydrogen) atoms. The molecule has 0 fully saturated rings. The van der Waals surface area contributed by atoms with Gasteiger partial charge in [0.25, 0.3) is 0 Å². The van der Waals surface area contributed by atoms with Crippen molar-refractivity contribution in [2.75, 3.05) is 19.0 Å². The van der Waals surface area contributed by atoms with Crippen LogP contribution >= 0.6 is 15.9 Å². The Morgan fingerprint density at radius 1 is 1.03 bits per heavy atom. The van der Waals surface area contributed by atoms with Crippen molar-refractivity contribution in [2.45, 2.75) is 39.2 Å². The molecule has 0 aliphatic rings. The molecule has 0 heterocycles. The summed E-state index contributed by atoms with van der Waals surface area (Å²) in [4.78, 5) is 24.6. The summed E-state index contributed by atoms with van der Waals surface area (Å²) >= 11 is 3.47. The van der Waals surface area contributed by atoms with Gasteiger partial charge in [-0.2, -0.15) is 0 Å². The van der Waals surface area contributed by atoms with E-state index in [-0.39, 0.29) is 24.3 Å².